The van der Waals surface area contributed by atoms with Crippen LogP contribution in [0.15, 0.2) is 30.3 Å². The molecule has 0 radical (unpaired) electrons. The van der Waals surface area contributed by atoms with E-state index in [4.69, 9.17) is 4.74 Å². The summed E-state index contributed by atoms with van der Waals surface area (Å²) in [6.45, 7) is 7.06. The van der Waals surface area contributed by atoms with Gasteiger partial charge in [0.05, 0.1) is 0 Å². The van der Waals surface area contributed by atoms with Crippen molar-refractivity contribution in [3.8, 4) is 0 Å². The van der Waals surface area contributed by atoms with Crippen LogP contribution < -0.4 is 0 Å². The normalized spacial score (nSPS) is 14.9. The van der Waals surface area contributed by atoms with Crippen molar-refractivity contribution < 1.29 is 13.7 Å². The zero-order chi connectivity index (χ0) is 13.8. The Bertz CT molecular complexity index is 420. The molecule has 0 saturated carbocycles. The molecule has 1 rings (SSSR count). The van der Waals surface area contributed by atoms with E-state index in [0.717, 1.165) is 5.56 Å². The molecule has 0 fully saturated rings. The zero-order valence-corrected chi connectivity index (χ0v) is 12.1. The van der Waals surface area contributed by atoms with Gasteiger partial charge in [-0.2, -0.15) is 0 Å². The number of carbonyl (C=O) groups excluding carboxylic acids is 1. The van der Waals surface area contributed by atoms with Gasteiger partial charge in [0.1, 0.15) is 10.9 Å². The van der Waals surface area contributed by atoms with E-state index in [-0.39, 0.29) is 0 Å². The number of rotatable bonds is 4. The number of ether oxygens (including phenoxy) is 1. The summed E-state index contributed by atoms with van der Waals surface area (Å²) in [7, 11) is -1.26. The molecule has 2 unspecified atom stereocenters. The number of esters is 1. The van der Waals surface area contributed by atoms with E-state index >= 15 is 0 Å². The van der Waals surface area contributed by atoms with E-state index in [2.05, 4.69) is 0 Å². The SMILES string of the molecule is CC(C(=O)OC(C)(C)C)S(=O)Cc1ccccc1. The van der Waals surface area contributed by atoms with Gasteiger partial charge >= 0.3 is 5.97 Å². The minimum Gasteiger partial charge on any atom is -0.459 e. The molecule has 0 aliphatic carbocycles. The fourth-order valence-electron chi connectivity index (χ4n) is 1.36. The first-order valence-electron chi connectivity index (χ1n) is 5.93. The van der Waals surface area contributed by atoms with Gasteiger partial charge in [-0.1, -0.05) is 30.3 Å². The van der Waals surface area contributed by atoms with Gasteiger partial charge in [-0.25, -0.2) is 0 Å². The highest BCUT2D eigenvalue weighted by Gasteiger charge is 2.26. The Labute approximate surface area is 111 Å². The smallest absolute Gasteiger partial charge is 0.321 e. The molecule has 4 heteroatoms. The minimum atomic E-state index is -1.26. The molecule has 0 saturated heterocycles. The number of hydrogen-bond acceptors (Lipinski definition) is 3. The Morgan fingerprint density at radius 3 is 2.33 bits per heavy atom. The predicted molar refractivity (Wildman–Crippen MR) is 73.6 cm³/mol. The van der Waals surface area contributed by atoms with E-state index in [1.807, 2.05) is 30.3 Å². The fourth-order valence-corrected chi connectivity index (χ4v) is 2.39. The zero-order valence-electron chi connectivity index (χ0n) is 11.3. The van der Waals surface area contributed by atoms with Gasteiger partial charge in [0, 0.05) is 16.6 Å². The highest BCUT2D eigenvalue weighted by atomic mass is 32.2. The molecule has 0 N–H and O–H groups in total. The molecule has 0 amide bonds. The molecule has 0 spiro atoms. The number of carbonyl (C=O) groups is 1. The molecule has 100 valence electrons. The van der Waals surface area contributed by atoms with Crippen molar-refractivity contribution in [3.05, 3.63) is 35.9 Å². The van der Waals surface area contributed by atoms with Crippen molar-refractivity contribution in [2.75, 3.05) is 0 Å². The lowest BCUT2D eigenvalue weighted by atomic mass is 10.2. The molecule has 0 aliphatic rings. The van der Waals surface area contributed by atoms with Crippen molar-refractivity contribution >= 4 is 16.8 Å². The van der Waals surface area contributed by atoms with Crippen molar-refractivity contribution in [2.24, 2.45) is 0 Å². The second kappa shape index (κ2) is 6.14. The first-order chi connectivity index (χ1) is 8.29. The molecule has 1 aromatic carbocycles. The minimum absolute atomic E-state index is 0.376. The first kappa shape index (κ1) is 14.9. The molecule has 1 aromatic rings. The van der Waals surface area contributed by atoms with Crippen molar-refractivity contribution in [1.29, 1.82) is 0 Å². The Morgan fingerprint density at radius 2 is 1.83 bits per heavy atom. The molecule has 0 aromatic heterocycles. The Kier molecular flexibility index (Phi) is 5.08. The first-order valence-corrected chi connectivity index (χ1v) is 7.32. The molecule has 18 heavy (non-hydrogen) atoms. The molecule has 2 atom stereocenters. The summed E-state index contributed by atoms with van der Waals surface area (Å²) in [5, 5.41) is -0.607. The maximum atomic E-state index is 12.1. The molecule has 0 heterocycles. The van der Waals surface area contributed by atoms with Crippen LogP contribution in [-0.4, -0.2) is 21.0 Å². The fraction of sp³-hybridized carbons (Fsp3) is 0.500. The molecular weight excluding hydrogens is 248 g/mol. The maximum Gasteiger partial charge on any atom is 0.321 e. The van der Waals surface area contributed by atoms with Crippen LogP contribution in [0.4, 0.5) is 0 Å². The third-order valence-corrected chi connectivity index (χ3v) is 3.88. The molecule has 0 bridgehead atoms. The Morgan fingerprint density at radius 1 is 1.28 bits per heavy atom. The third kappa shape index (κ3) is 5.00. The van der Waals surface area contributed by atoms with Gasteiger partial charge in [-0.05, 0) is 33.3 Å². The average molecular weight is 268 g/mol. The van der Waals surface area contributed by atoms with Crippen LogP contribution in [0.2, 0.25) is 0 Å². The topological polar surface area (TPSA) is 43.4 Å². The highest BCUT2D eigenvalue weighted by Crippen LogP contribution is 2.13. The highest BCUT2D eigenvalue weighted by molar-refractivity contribution is 7.85. The van der Waals surface area contributed by atoms with Crippen LogP contribution in [0.1, 0.15) is 33.3 Å². The third-order valence-electron chi connectivity index (χ3n) is 2.28. The van der Waals surface area contributed by atoms with Gasteiger partial charge in [0.2, 0.25) is 0 Å². The van der Waals surface area contributed by atoms with Gasteiger partial charge in [0.15, 0.2) is 0 Å². The second-order valence-electron chi connectivity index (χ2n) is 5.19. The van der Waals surface area contributed by atoms with Gasteiger partial charge in [-0.3, -0.25) is 9.00 Å². The van der Waals surface area contributed by atoms with Crippen molar-refractivity contribution in [3.63, 3.8) is 0 Å². The monoisotopic (exact) mass is 268 g/mol. The van der Waals surface area contributed by atoms with Crippen molar-refractivity contribution in [2.45, 2.75) is 44.3 Å². The maximum absolute atomic E-state index is 12.1. The average Bonchev–Trinajstić information content (AvgIpc) is 2.27. The van der Waals surface area contributed by atoms with E-state index in [9.17, 15) is 9.00 Å². The Hall–Kier alpha value is -1.16. The summed E-state index contributed by atoms with van der Waals surface area (Å²) in [6, 6.07) is 9.50. The van der Waals surface area contributed by atoms with E-state index in [1.165, 1.54) is 0 Å². The van der Waals surface area contributed by atoms with Gasteiger partial charge in [-0.15, -0.1) is 0 Å². The lowest BCUT2D eigenvalue weighted by Crippen LogP contribution is -2.33. The lowest BCUT2D eigenvalue weighted by Gasteiger charge is -2.22. The number of hydrogen-bond donors (Lipinski definition) is 0. The van der Waals surface area contributed by atoms with Gasteiger partial charge in [0.25, 0.3) is 0 Å². The van der Waals surface area contributed by atoms with Gasteiger partial charge < -0.3 is 4.74 Å². The van der Waals surface area contributed by atoms with Crippen LogP contribution in [-0.2, 0) is 26.1 Å². The van der Waals surface area contributed by atoms with Crippen LogP contribution >= 0.6 is 0 Å². The summed E-state index contributed by atoms with van der Waals surface area (Å²) in [6.07, 6.45) is 0. The molecule has 3 nitrogen and oxygen atoms in total. The summed E-state index contributed by atoms with van der Waals surface area (Å²) in [4.78, 5) is 11.8. The van der Waals surface area contributed by atoms with E-state index in [0.29, 0.717) is 5.75 Å². The quantitative estimate of drug-likeness (QED) is 0.789. The summed E-state index contributed by atoms with van der Waals surface area (Å²) in [5.41, 5.74) is 0.425. The number of benzene rings is 1. The summed E-state index contributed by atoms with van der Waals surface area (Å²) >= 11 is 0. The molecular formula is C14H20O3S. The summed E-state index contributed by atoms with van der Waals surface area (Å²) < 4.78 is 17.3. The summed E-state index contributed by atoms with van der Waals surface area (Å²) in [5.74, 6) is -0.0295. The van der Waals surface area contributed by atoms with Crippen LogP contribution in [0.25, 0.3) is 0 Å². The standard InChI is InChI=1S/C14H20O3S/c1-11(13(15)17-14(2,3)4)18(16)10-12-8-6-5-7-9-12/h5-9,11H,10H2,1-4H3. The Balaban J connectivity index is 2.59. The van der Waals surface area contributed by atoms with Crippen molar-refractivity contribution in [1.82, 2.24) is 0 Å². The lowest BCUT2D eigenvalue weighted by molar-refractivity contribution is -0.153. The van der Waals surface area contributed by atoms with Crippen LogP contribution in [0, 0.1) is 0 Å². The largest absolute Gasteiger partial charge is 0.459 e. The van der Waals surface area contributed by atoms with Crippen LogP contribution in [0.5, 0.6) is 0 Å². The second-order valence-corrected chi connectivity index (χ2v) is 6.94. The van der Waals surface area contributed by atoms with E-state index in [1.54, 1.807) is 27.7 Å². The molecule has 0 aliphatic heterocycles. The predicted octanol–water partition coefficient (Wildman–Crippen LogP) is 2.67. The van der Waals surface area contributed by atoms with Crippen LogP contribution in [0.3, 0.4) is 0 Å². The van der Waals surface area contributed by atoms with E-state index < -0.39 is 27.6 Å².